The molecule has 0 unspecified atom stereocenters. The summed E-state index contributed by atoms with van der Waals surface area (Å²) in [5, 5.41) is 0. The van der Waals surface area contributed by atoms with Crippen molar-refractivity contribution in [2.75, 3.05) is 11.5 Å². The molecule has 0 amide bonds. The zero-order valence-electron chi connectivity index (χ0n) is 12.5. The predicted molar refractivity (Wildman–Crippen MR) is 94.2 cm³/mol. The maximum atomic E-state index is 5.88. The fraction of sp³-hybridized carbons (Fsp3) is 0. The average Bonchev–Trinajstić information content (AvgIpc) is 2.58. The molecule has 0 fully saturated rings. The SMILES string of the molecule is Nc1ccc(N)c(Oc2ccc(C#Cc3ccccc3)cc2)c1. The molecule has 0 aliphatic rings. The molecular formula is C20H16N2O. The third kappa shape index (κ3) is 3.84. The first-order valence-corrected chi connectivity index (χ1v) is 7.21. The third-order valence-electron chi connectivity index (χ3n) is 3.24. The molecule has 3 rings (SSSR count). The highest BCUT2D eigenvalue weighted by atomic mass is 16.5. The number of hydrogen-bond acceptors (Lipinski definition) is 3. The van der Waals surface area contributed by atoms with Crippen LogP contribution in [0.3, 0.4) is 0 Å². The molecule has 0 radical (unpaired) electrons. The largest absolute Gasteiger partial charge is 0.455 e. The van der Waals surface area contributed by atoms with Crippen molar-refractivity contribution in [1.82, 2.24) is 0 Å². The van der Waals surface area contributed by atoms with Crippen molar-refractivity contribution in [1.29, 1.82) is 0 Å². The zero-order chi connectivity index (χ0) is 16.1. The Bertz CT molecular complexity index is 860. The van der Waals surface area contributed by atoms with Crippen LogP contribution in [0.4, 0.5) is 11.4 Å². The summed E-state index contributed by atoms with van der Waals surface area (Å²) in [5.74, 6) is 7.48. The quantitative estimate of drug-likeness (QED) is 0.554. The van der Waals surface area contributed by atoms with Gasteiger partial charge in [0.15, 0.2) is 5.75 Å². The van der Waals surface area contributed by atoms with E-state index in [1.807, 2.05) is 54.6 Å². The van der Waals surface area contributed by atoms with E-state index in [0.29, 0.717) is 22.9 Å². The van der Waals surface area contributed by atoms with Gasteiger partial charge in [0.1, 0.15) is 5.75 Å². The summed E-state index contributed by atoms with van der Waals surface area (Å²) in [6, 6.07) is 22.6. The van der Waals surface area contributed by atoms with E-state index in [0.717, 1.165) is 11.1 Å². The van der Waals surface area contributed by atoms with Crippen LogP contribution in [-0.2, 0) is 0 Å². The van der Waals surface area contributed by atoms with Gasteiger partial charge in [-0.15, -0.1) is 0 Å². The fourth-order valence-corrected chi connectivity index (χ4v) is 2.04. The molecule has 0 spiro atoms. The van der Waals surface area contributed by atoms with Crippen molar-refractivity contribution in [3.63, 3.8) is 0 Å². The number of hydrogen-bond donors (Lipinski definition) is 2. The average molecular weight is 300 g/mol. The van der Waals surface area contributed by atoms with Gasteiger partial charge in [-0.3, -0.25) is 0 Å². The first-order chi connectivity index (χ1) is 11.2. The lowest BCUT2D eigenvalue weighted by atomic mass is 10.2. The van der Waals surface area contributed by atoms with Crippen LogP contribution in [0.2, 0.25) is 0 Å². The summed E-state index contributed by atoms with van der Waals surface area (Å²) in [7, 11) is 0. The first-order valence-electron chi connectivity index (χ1n) is 7.21. The second-order valence-electron chi connectivity index (χ2n) is 5.04. The van der Waals surface area contributed by atoms with Crippen molar-refractivity contribution in [3.8, 4) is 23.3 Å². The number of benzene rings is 3. The van der Waals surface area contributed by atoms with Gasteiger partial charge >= 0.3 is 0 Å². The molecular weight excluding hydrogens is 284 g/mol. The van der Waals surface area contributed by atoms with Crippen LogP contribution in [0.15, 0.2) is 72.8 Å². The zero-order valence-corrected chi connectivity index (χ0v) is 12.5. The molecule has 0 heterocycles. The molecule has 0 aromatic heterocycles. The second kappa shape index (κ2) is 6.59. The Morgan fingerprint density at radius 2 is 1.35 bits per heavy atom. The monoisotopic (exact) mass is 300 g/mol. The fourth-order valence-electron chi connectivity index (χ4n) is 2.04. The van der Waals surface area contributed by atoms with Crippen LogP contribution in [0.1, 0.15) is 11.1 Å². The number of ether oxygens (including phenoxy) is 1. The van der Waals surface area contributed by atoms with E-state index in [2.05, 4.69) is 11.8 Å². The van der Waals surface area contributed by atoms with Gasteiger partial charge in [-0.05, 0) is 48.5 Å². The Hall–Kier alpha value is -3.38. The lowest BCUT2D eigenvalue weighted by Crippen LogP contribution is -1.94. The minimum Gasteiger partial charge on any atom is -0.455 e. The molecule has 0 saturated heterocycles. The lowest BCUT2D eigenvalue weighted by molar-refractivity contribution is 0.485. The molecule has 0 atom stereocenters. The molecule has 23 heavy (non-hydrogen) atoms. The van der Waals surface area contributed by atoms with Gasteiger partial charge in [-0.25, -0.2) is 0 Å². The van der Waals surface area contributed by atoms with Crippen molar-refractivity contribution >= 4 is 11.4 Å². The van der Waals surface area contributed by atoms with Crippen molar-refractivity contribution in [2.45, 2.75) is 0 Å². The Morgan fingerprint density at radius 1 is 0.696 bits per heavy atom. The van der Waals surface area contributed by atoms with Crippen LogP contribution >= 0.6 is 0 Å². The minimum atomic E-state index is 0.548. The highest BCUT2D eigenvalue weighted by molar-refractivity contribution is 5.60. The van der Waals surface area contributed by atoms with Gasteiger partial charge in [0.05, 0.1) is 5.69 Å². The van der Waals surface area contributed by atoms with Gasteiger partial charge in [-0.1, -0.05) is 30.0 Å². The molecule has 3 aromatic carbocycles. The Labute approximate surface area is 135 Å². The lowest BCUT2D eigenvalue weighted by Gasteiger charge is -2.09. The van der Waals surface area contributed by atoms with E-state index in [1.54, 1.807) is 18.2 Å². The van der Waals surface area contributed by atoms with Crippen LogP contribution in [0.25, 0.3) is 0 Å². The minimum absolute atomic E-state index is 0.548. The number of anilines is 2. The Kier molecular flexibility index (Phi) is 4.17. The maximum absolute atomic E-state index is 5.88. The smallest absolute Gasteiger partial charge is 0.152 e. The van der Waals surface area contributed by atoms with Gasteiger partial charge in [0.2, 0.25) is 0 Å². The van der Waals surface area contributed by atoms with Gasteiger partial charge in [0, 0.05) is 22.9 Å². The topological polar surface area (TPSA) is 61.3 Å². The van der Waals surface area contributed by atoms with Crippen LogP contribution in [-0.4, -0.2) is 0 Å². The van der Waals surface area contributed by atoms with E-state index in [1.165, 1.54) is 0 Å². The molecule has 0 bridgehead atoms. The van der Waals surface area contributed by atoms with E-state index < -0.39 is 0 Å². The summed E-state index contributed by atoms with van der Waals surface area (Å²) in [5.41, 5.74) is 14.7. The molecule has 4 N–H and O–H groups in total. The summed E-state index contributed by atoms with van der Waals surface area (Å²) >= 11 is 0. The van der Waals surface area contributed by atoms with Crippen LogP contribution in [0.5, 0.6) is 11.5 Å². The molecule has 112 valence electrons. The van der Waals surface area contributed by atoms with Gasteiger partial charge in [0.25, 0.3) is 0 Å². The second-order valence-corrected chi connectivity index (χ2v) is 5.04. The standard InChI is InChI=1S/C20H16N2O/c21-17-10-13-19(22)20(14-17)23-18-11-8-16(9-12-18)7-6-15-4-2-1-3-5-15/h1-5,8-14H,21-22H2. The maximum Gasteiger partial charge on any atom is 0.152 e. The van der Waals surface area contributed by atoms with Crippen molar-refractivity contribution in [2.24, 2.45) is 0 Å². The first kappa shape index (κ1) is 14.6. The predicted octanol–water partition coefficient (Wildman–Crippen LogP) is 4.04. The summed E-state index contributed by atoms with van der Waals surface area (Å²) < 4.78 is 5.75. The molecule has 0 aliphatic carbocycles. The Morgan fingerprint density at radius 3 is 2.04 bits per heavy atom. The summed E-state index contributed by atoms with van der Waals surface area (Å²) in [6.45, 7) is 0. The number of nitrogens with two attached hydrogens (primary N) is 2. The molecule has 0 saturated carbocycles. The third-order valence-corrected chi connectivity index (χ3v) is 3.24. The molecule has 0 aliphatic heterocycles. The van der Waals surface area contributed by atoms with Crippen molar-refractivity contribution < 1.29 is 4.74 Å². The van der Waals surface area contributed by atoms with Crippen LogP contribution < -0.4 is 16.2 Å². The van der Waals surface area contributed by atoms with Gasteiger partial charge < -0.3 is 16.2 Å². The normalized spacial score (nSPS) is 9.74. The van der Waals surface area contributed by atoms with Gasteiger partial charge in [-0.2, -0.15) is 0 Å². The highest BCUT2D eigenvalue weighted by Crippen LogP contribution is 2.29. The summed E-state index contributed by atoms with van der Waals surface area (Å²) in [6.07, 6.45) is 0. The number of rotatable bonds is 2. The van der Waals surface area contributed by atoms with E-state index in [9.17, 15) is 0 Å². The summed E-state index contributed by atoms with van der Waals surface area (Å²) in [4.78, 5) is 0. The Balaban J connectivity index is 1.75. The highest BCUT2D eigenvalue weighted by Gasteiger charge is 2.02. The van der Waals surface area contributed by atoms with E-state index in [-0.39, 0.29) is 0 Å². The molecule has 3 heteroatoms. The number of nitrogen functional groups attached to an aromatic ring is 2. The molecule has 3 nitrogen and oxygen atoms in total. The molecule has 3 aromatic rings. The van der Waals surface area contributed by atoms with E-state index in [4.69, 9.17) is 16.2 Å². The van der Waals surface area contributed by atoms with E-state index >= 15 is 0 Å². The van der Waals surface area contributed by atoms with Crippen molar-refractivity contribution in [3.05, 3.63) is 83.9 Å². The van der Waals surface area contributed by atoms with Crippen LogP contribution in [0, 0.1) is 11.8 Å².